The second-order valence-corrected chi connectivity index (χ2v) is 10.9. The van der Waals surface area contributed by atoms with Crippen molar-refractivity contribution in [2.24, 2.45) is 0 Å². The van der Waals surface area contributed by atoms with Gasteiger partial charge in [-0.25, -0.2) is 17.6 Å². The number of rotatable bonds is 6. The number of ether oxygens (including phenoxy) is 1. The Morgan fingerprint density at radius 2 is 1.65 bits per heavy atom. The summed E-state index contributed by atoms with van der Waals surface area (Å²) in [5.74, 6) is -0.485. The van der Waals surface area contributed by atoms with E-state index in [4.69, 9.17) is 4.74 Å². The van der Waals surface area contributed by atoms with E-state index in [-0.39, 0.29) is 24.1 Å². The first-order valence-electron chi connectivity index (χ1n) is 11.5. The molecule has 0 radical (unpaired) electrons. The highest BCUT2D eigenvalue weighted by molar-refractivity contribution is 7.89. The first kappa shape index (κ1) is 24.4. The first-order valence-corrected chi connectivity index (χ1v) is 12.9. The van der Waals surface area contributed by atoms with E-state index >= 15 is 0 Å². The van der Waals surface area contributed by atoms with Crippen LogP contribution in [0.25, 0.3) is 0 Å². The molecule has 2 fully saturated rings. The molecule has 2 aromatic carbocycles. The van der Waals surface area contributed by atoms with Gasteiger partial charge in [-0.2, -0.15) is 4.31 Å². The number of nitrogens with zero attached hydrogens (tertiary/aromatic N) is 3. The number of benzene rings is 2. The third-order valence-corrected chi connectivity index (χ3v) is 8.41. The van der Waals surface area contributed by atoms with Crippen molar-refractivity contribution < 1.29 is 22.3 Å². The summed E-state index contributed by atoms with van der Waals surface area (Å²) in [6.45, 7) is 2.46. The Morgan fingerprint density at radius 3 is 2.24 bits per heavy atom. The van der Waals surface area contributed by atoms with Gasteiger partial charge in [-0.15, -0.1) is 0 Å². The summed E-state index contributed by atoms with van der Waals surface area (Å²) in [4.78, 5) is 17.0. The summed E-state index contributed by atoms with van der Waals surface area (Å²) in [5, 5.41) is 2.75. The van der Waals surface area contributed by atoms with Crippen molar-refractivity contribution in [2.75, 3.05) is 50.5 Å². The molecule has 4 rings (SSSR count). The highest BCUT2D eigenvalue weighted by Crippen LogP contribution is 2.25. The molecule has 10 heteroatoms. The number of likely N-dealkylation sites (N-methyl/N-ethyl adjacent to an activating group) is 1. The van der Waals surface area contributed by atoms with Gasteiger partial charge in [-0.3, -0.25) is 5.32 Å². The SMILES string of the molecule is CN(C)C1CCN(c2ccc(NC(=O)OC3CCN(S(=O)(=O)c4ccc(F)cc4)CC3)cc2)C1. The van der Waals surface area contributed by atoms with Crippen LogP contribution in [0.1, 0.15) is 19.3 Å². The van der Waals surface area contributed by atoms with Crippen LogP contribution >= 0.6 is 0 Å². The normalized spacial score (nSPS) is 20.0. The van der Waals surface area contributed by atoms with Gasteiger partial charge in [0.05, 0.1) is 4.90 Å². The van der Waals surface area contributed by atoms with Crippen molar-refractivity contribution >= 4 is 27.5 Å². The fourth-order valence-corrected chi connectivity index (χ4v) is 5.87. The van der Waals surface area contributed by atoms with Gasteiger partial charge in [0, 0.05) is 43.6 Å². The third kappa shape index (κ3) is 5.68. The Labute approximate surface area is 200 Å². The third-order valence-electron chi connectivity index (χ3n) is 6.50. The molecule has 184 valence electrons. The molecule has 0 bridgehead atoms. The molecule has 0 aromatic heterocycles. The fraction of sp³-hybridized carbons (Fsp3) is 0.458. The van der Waals surface area contributed by atoms with Crippen molar-refractivity contribution in [3.63, 3.8) is 0 Å². The largest absolute Gasteiger partial charge is 0.446 e. The number of carbonyl (C=O) groups excluding carboxylic acids is 1. The molecular weight excluding hydrogens is 459 g/mol. The maximum atomic E-state index is 13.1. The van der Waals surface area contributed by atoms with Gasteiger partial charge in [0.15, 0.2) is 0 Å². The molecular formula is C24H31FN4O4S. The smallest absolute Gasteiger partial charge is 0.411 e. The number of piperidine rings is 1. The Balaban J connectivity index is 1.25. The standard InChI is InChI=1S/C24H31FN4O4S/c1-27(2)21-11-14-28(17-21)20-7-5-19(6-8-20)26-24(30)33-22-12-15-29(16-13-22)34(31,32)23-9-3-18(25)4-10-23/h3-10,21-22H,11-17H2,1-2H3,(H,26,30). The molecule has 2 aliphatic heterocycles. The Hall–Kier alpha value is -2.69. The fourth-order valence-electron chi connectivity index (χ4n) is 4.40. The molecule has 0 spiro atoms. The van der Waals surface area contributed by atoms with Crippen LogP contribution in [0, 0.1) is 5.82 Å². The number of carbonyl (C=O) groups is 1. The predicted molar refractivity (Wildman–Crippen MR) is 129 cm³/mol. The lowest BCUT2D eigenvalue weighted by Crippen LogP contribution is -2.41. The maximum Gasteiger partial charge on any atom is 0.411 e. The van der Waals surface area contributed by atoms with E-state index < -0.39 is 21.9 Å². The van der Waals surface area contributed by atoms with Crippen molar-refractivity contribution in [3.8, 4) is 0 Å². The van der Waals surface area contributed by atoms with Gasteiger partial charge in [0.25, 0.3) is 0 Å². The minimum atomic E-state index is -3.69. The topological polar surface area (TPSA) is 82.2 Å². The number of anilines is 2. The zero-order valence-electron chi connectivity index (χ0n) is 19.5. The van der Waals surface area contributed by atoms with E-state index in [1.165, 1.54) is 16.4 Å². The molecule has 2 aliphatic rings. The Bertz CT molecular complexity index is 1080. The van der Waals surface area contributed by atoms with Gasteiger partial charge in [-0.1, -0.05) is 0 Å². The van der Waals surface area contributed by atoms with E-state index in [2.05, 4.69) is 29.2 Å². The van der Waals surface area contributed by atoms with Gasteiger partial charge >= 0.3 is 6.09 Å². The summed E-state index contributed by atoms with van der Waals surface area (Å²) in [5.41, 5.74) is 1.77. The zero-order valence-corrected chi connectivity index (χ0v) is 20.3. The average Bonchev–Trinajstić information content (AvgIpc) is 3.31. The zero-order chi connectivity index (χ0) is 24.3. The molecule has 1 unspecified atom stereocenters. The van der Waals surface area contributed by atoms with E-state index in [0.717, 1.165) is 37.3 Å². The number of hydrogen-bond acceptors (Lipinski definition) is 6. The Kier molecular flexibility index (Phi) is 7.39. The van der Waals surface area contributed by atoms with Crippen molar-refractivity contribution in [1.29, 1.82) is 0 Å². The van der Waals surface area contributed by atoms with Crippen LogP contribution in [-0.4, -0.2) is 76.1 Å². The van der Waals surface area contributed by atoms with E-state index in [9.17, 15) is 17.6 Å². The lowest BCUT2D eigenvalue weighted by Gasteiger charge is -2.30. The average molecular weight is 491 g/mol. The number of halogens is 1. The molecule has 1 amide bonds. The minimum Gasteiger partial charge on any atom is -0.446 e. The lowest BCUT2D eigenvalue weighted by atomic mass is 10.1. The van der Waals surface area contributed by atoms with Crippen LogP contribution < -0.4 is 10.2 Å². The lowest BCUT2D eigenvalue weighted by molar-refractivity contribution is 0.0774. The van der Waals surface area contributed by atoms with Crippen LogP contribution in [0.5, 0.6) is 0 Å². The maximum absolute atomic E-state index is 13.1. The summed E-state index contributed by atoms with van der Waals surface area (Å²) in [6.07, 6.45) is 1.00. The molecule has 2 aromatic rings. The molecule has 1 atom stereocenters. The number of sulfonamides is 1. The van der Waals surface area contributed by atoms with Crippen molar-refractivity contribution in [3.05, 3.63) is 54.3 Å². The molecule has 1 N–H and O–H groups in total. The van der Waals surface area contributed by atoms with Gasteiger partial charge in [0.2, 0.25) is 10.0 Å². The molecule has 0 aliphatic carbocycles. The van der Waals surface area contributed by atoms with Gasteiger partial charge in [-0.05, 0) is 81.9 Å². The van der Waals surface area contributed by atoms with Gasteiger partial charge in [0.1, 0.15) is 11.9 Å². The van der Waals surface area contributed by atoms with E-state index in [0.29, 0.717) is 24.6 Å². The van der Waals surface area contributed by atoms with Crippen LogP contribution in [0.2, 0.25) is 0 Å². The molecule has 0 saturated carbocycles. The minimum absolute atomic E-state index is 0.0561. The molecule has 2 saturated heterocycles. The summed E-state index contributed by atoms with van der Waals surface area (Å²) in [6, 6.07) is 13.0. The Morgan fingerprint density at radius 1 is 1.00 bits per heavy atom. The molecule has 34 heavy (non-hydrogen) atoms. The predicted octanol–water partition coefficient (Wildman–Crippen LogP) is 3.37. The van der Waals surface area contributed by atoms with Crippen LogP contribution in [0.3, 0.4) is 0 Å². The van der Waals surface area contributed by atoms with Crippen molar-refractivity contribution in [2.45, 2.75) is 36.3 Å². The van der Waals surface area contributed by atoms with Crippen LogP contribution in [0.4, 0.5) is 20.6 Å². The highest BCUT2D eigenvalue weighted by Gasteiger charge is 2.31. The monoisotopic (exact) mass is 490 g/mol. The van der Waals surface area contributed by atoms with Crippen molar-refractivity contribution in [1.82, 2.24) is 9.21 Å². The summed E-state index contributed by atoms with van der Waals surface area (Å²) in [7, 11) is 0.502. The molecule has 2 heterocycles. The van der Waals surface area contributed by atoms with Crippen LogP contribution in [-0.2, 0) is 14.8 Å². The quantitative estimate of drug-likeness (QED) is 0.669. The highest BCUT2D eigenvalue weighted by atomic mass is 32.2. The number of amides is 1. The van der Waals surface area contributed by atoms with E-state index in [1.54, 1.807) is 0 Å². The second kappa shape index (κ2) is 10.3. The summed E-state index contributed by atoms with van der Waals surface area (Å²) < 4.78 is 45.4. The number of hydrogen-bond donors (Lipinski definition) is 1. The van der Waals surface area contributed by atoms with Crippen LogP contribution in [0.15, 0.2) is 53.4 Å². The van der Waals surface area contributed by atoms with Gasteiger partial charge < -0.3 is 14.5 Å². The van der Waals surface area contributed by atoms with E-state index in [1.807, 2.05) is 24.3 Å². The second-order valence-electron chi connectivity index (χ2n) is 8.99. The first-order chi connectivity index (χ1) is 16.2. The molecule has 8 nitrogen and oxygen atoms in total. The number of nitrogens with one attached hydrogen (secondary N) is 1. The summed E-state index contributed by atoms with van der Waals surface area (Å²) >= 11 is 0.